The number of likely N-dealkylation sites (N-methyl/N-ethyl adjacent to an activating group) is 2. The van der Waals surface area contributed by atoms with Crippen molar-refractivity contribution in [3.05, 3.63) is 36.0 Å². The molecule has 0 atom stereocenters. The number of hydrogen-bond acceptors (Lipinski definition) is 3. The summed E-state index contributed by atoms with van der Waals surface area (Å²) in [6.07, 6.45) is 2.39. The van der Waals surface area contributed by atoms with Crippen molar-refractivity contribution in [1.82, 2.24) is 14.5 Å². The molecule has 0 spiro atoms. The van der Waals surface area contributed by atoms with E-state index in [0.717, 1.165) is 44.2 Å². The smallest absolute Gasteiger partial charge is 0.129 e. The van der Waals surface area contributed by atoms with Gasteiger partial charge in [0, 0.05) is 43.0 Å². The molecule has 0 saturated heterocycles. The first kappa shape index (κ1) is 19.7. The SMILES string of the molecule is CCCCn1c2ccccc2c2cc(N(C)CCN(CC)CC)nc(C)c21. The van der Waals surface area contributed by atoms with E-state index in [1.807, 2.05) is 0 Å². The quantitative estimate of drug-likeness (QED) is 0.528. The molecule has 0 aliphatic rings. The highest BCUT2D eigenvalue weighted by molar-refractivity contribution is 6.09. The van der Waals surface area contributed by atoms with Crippen LogP contribution in [-0.2, 0) is 6.54 Å². The molecule has 4 nitrogen and oxygen atoms in total. The van der Waals surface area contributed by atoms with Gasteiger partial charge in [-0.2, -0.15) is 0 Å². The molecular weight excluding hydrogens is 332 g/mol. The summed E-state index contributed by atoms with van der Waals surface area (Å²) in [5.41, 5.74) is 3.75. The van der Waals surface area contributed by atoms with E-state index >= 15 is 0 Å². The van der Waals surface area contributed by atoms with Gasteiger partial charge in [0.05, 0.1) is 11.2 Å². The van der Waals surface area contributed by atoms with E-state index in [1.165, 1.54) is 34.6 Å². The van der Waals surface area contributed by atoms with E-state index < -0.39 is 0 Å². The van der Waals surface area contributed by atoms with Crippen molar-refractivity contribution in [3.8, 4) is 0 Å². The van der Waals surface area contributed by atoms with E-state index in [0.29, 0.717) is 0 Å². The monoisotopic (exact) mass is 366 g/mol. The highest BCUT2D eigenvalue weighted by Crippen LogP contribution is 2.33. The molecule has 0 aliphatic carbocycles. The van der Waals surface area contributed by atoms with E-state index in [9.17, 15) is 0 Å². The maximum atomic E-state index is 4.98. The Morgan fingerprint density at radius 1 is 1.00 bits per heavy atom. The van der Waals surface area contributed by atoms with Gasteiger partial charge in [0.2, 0.25) is 0 Å². The van der Waals surface area contributed by atoms with Crippen LogP contribution >= 0.6 is 0 Å². The Morgan fingerprint density at radius 2 is 1.74 bits per heavy atom. The molecule has 0 N–H and O–H groups in total. The zero-order valence-electron chi connectivity index (χ0n) is 17.6. The first-order valence-corrected chi connectivity index (χ1v) is 10.4. The zero-order chi connectivity index (χ0) is 19.4. The van der Waals surface area contributed by atoms with Crippen LogP contribution < -0.4 is 4.90 Å². The molecule has 0 fully saturated rings. The van der Waals surface area contributed by atoms with Crippen molar-refractivity contribution in [2.75, 3.05) is 38.1 Å². The maximum Gasteiger partial charge on any atom is 0.129 e. The third-order valence-electron chi connectivity index (χ3n) is 5.68. The minimum absolute atomic E-state index is 0.994. The average Bonchev–Trinajstić information content (AvgIpc) is 3.01. The van der Waals surface area contributed by atoms with Crippen molar-refractivity contribution in [2.24, 2.45) is 0 Å². The van der Waals surface area contributed by atoms with E-state index in [-0.39, 0.29) is 0 Å². The van der Waals surface area contributed by atoms with Crippen LogP contribution in [0.15, 0.2) is 30.3 Å². The third kappa shape index (κ3) is 3.96. The van der Waals surface area contributed by atoms with E-state index in [2.05, 4.69) is 79.4 Å². The second kappa shape index (κ2) is 8.75. The van der Waals surface area contributed by atoms with Gasteiger partial charge in [-0.25, -0.2) is 4.98 Å². The van der Waals surface area contributed by atoms with Crippen LogP contribution in [0.3, 0.4) is 0 Å². The largest absolute Gasteiger partial charge is 0.358 e. The normalized spacial score (nSPS) is 11.8. The van der Waals surface area contributed by atoms with Crippen LogP contribution in [0.1, 0.15) is 39.3 Å². The van der Waals surface area contributed by atoms with Crippen LogP contribution in [0.25, 0.3) is 21.8 Å². The molecule has 0 saturated carbocycles. The Kier molecular flexibility index (Phi) is 6.38. The van der Waals surface area contributed by atoms with Crippen molar-refractivity contribution < 1.29 is 0 Å². The lowest BCUT2D eigenvalue weighted by Gasteiger charge is -2.24. The van der Waals surface area contributed by atoms with Crippen molar-refractivity contribution in [3.63, 3.8) is 0 Å². The number of rotatable bonds is 9. The molecule has 1 aromatic carbocycles. The second-order valence-corrected chi connectivity index (χ2v) is 7.43. The predicted molar refractivity (Wildman–Crippen MR) is 118 cm³/mol. The van der Waals surface area contributed by atoms with Gasteiger partial charge in [0.15, 0.2) is 0 Å². The Bertz CT molecular complexity index is 892. The molecule has 27 heavy (non-hydrogen) atoms. The van der Waals surface area contributed by atoms with Gasteiger partial charge in [0.1, 0.15) is 5.82 Å². The summed E-state index contributed by atoms with van der Waals surface area (Å²) in [5.74, 6) is 1.07. The van der Waals surface area contributed by atoms with Crippen LogP contribution in [0, 0.1) is 6.92 Å². The molecule has 0 amide bonds. The van der Waals surface area contributed by atoms with Crippen molar-refractivity contribution in [2.45, 2.75) is 47.1 Å². The molecular formula is C23H34N4. The van der Waals surface area contributed by atoms with Gasteiger partial charge >= 0.3 is 0 Å². The number of benzene rings is 1. The zero-order valence-corrected chi connectivity index (χ0v) is 17.6. The van der Waals surface area contributed by atoms with Gasteiger partial charge in [0.25, 0.3) is 0 Å². The predicted octanol–water partition coefficient (Wildman–Crippen LogP) is 5.08. The fourth-order valence-corrected chi connectivity index (χ4v) is 3.94. The first-order valence-electron chi connectivity index (χ1n) is 10.4. The Morgan fingerprint density at radius 3 is 2.44 bits per heavy atom. The summed E-state index contributed by atoms with van der Waals surface area (Å²) >= 11 is 0. The number of anilines is 1. The summed E-state index contributed by atoms with van der Waals surface area (Å²) in [5, 5.41) is 2.67. The molecule has 2 heterocycles. The lowest BCUT2D eigenvalue weighted by Crippen LogP contribution is -2.33. The lowest BCUT2D eigenvalue weighted by atomic mass is 10.1. The average molecular weight is 367 g/mol. The highest BCUT2D eigenvalue weighted by atomic mass is 15.2. The lowest BCUT2D eigenvalue weighted by molar-refractivity contribution is 0.311. The van der Waals surface area contributed by atoms with Gasteiger partial charge in [-0.3, -0.25) is 0 Å². The van der Waals surface area contributed by atoms with Gasteiger partial charge < -0.3 is 14.4 Å². The third-order valence-corrected chi connectivity index (χ3v) is 5.68. The summed E-state index contributed by atoms with van der Waals surface area (Å²) in [6.45, 7) is 14.2. The van der Waals surface area contributed by atoms with E-state index in [1.54, 1.807) is 0 Å². The molecule has 0 aliphatic heterocycles. The standard InChI is InChI=1S/C23H34N4/c1-6-9-14-27-21-13-11-10-12-19(21)20-17-22(24-18(4)23(20)27)25(5)15-16-26(7-2)8-3/h10-13,17H,6-9,14-16H2,1-5H3. The second-order valence-electron chi connectivity index (χ2n) is 7.43. The van der Waals surface area contributed by atoms with E-state index in [4.69, 9.17) is 4.98 Å². The molecule has 3 aromatic rings. The van der Waals surface area contributed by atoms with Gasteiger partial charge in [-0.05, 0) is 38.6 Å². The first-order chi connectivity index (χ1) is 13.1. The molecule has 146 valence electrons. The van der Waals surface area contributed by atoms with Crippen LogP contribution in [0.5, 0.6) is 0 Å². The van der Waals surface area contributed by atoms with Crippen molar-refractivity contribution >= 4 is 27.6 Å². The summed E-state index contributed by atoms with van der Waals surface area (Å²) in [7, 11) is 2.16. The minimum Gasteiger partial charge on any atom is -0.358 e. The Hall–Kier alpha value is -2.07. The van der Waals surface area contributed by atoms with Crippen molar-refractivity contribution in [1.29, 1.82) is 0 Å². The summed E-state index contributed by atoms with van der Waals surface area (Å²) in [4.78, 5) is 9.73. The van der Waals surface area contributed by atoms with Crippen LogP contribution in [0.2, 0.25) is 0 Å². The van der Waals surface area contributed by atoms with Crippen LogP contribution in [-0.4, -0.2) is 47.7 Å². The number of pyridine rings is 1. The molecule has 0 radical (unpaired) electrons. The maximum absolute atomic E-state index is 4.98. The minimum atomic E-state index is 0.994. The van der Waals surface area contributed by atoms with Gasteiger partial charge in [-0.1, -0.05) is 45.4 Å². The van der Waals surface area contributed by atoms with Crippen LogP contribution in [0.4, 0.5) is 5.82 Å². The molecule has 0 unspecified atom stereocenters. The molecule has 2 aromatic heterocycles. The summed E-state index contributed by atoms with van der Waals surface area (Å²) in [6, 6.07) is 11.1. The number of unbranched alkanes of at least 4 members (excludes halogenated alkanes) is 1. The number of aryl methyl sites for hydroxylation is 2. The number of hydrogen-bond donors (Lipinski definition) is 0. The van der Waals surface area contributed by atoms with Gasteiger partial charge in [-0.15, -0.1) is 0 Å². The summed E-state index contributed by atoms with van der Waals surface area (Å²) < 4.78 is 2.47. The fraction of sp³-hybridized carbons (Fsp3) is 0.522. The number of nitrogens with zero attached hydrogens (tertiary/aromatic N) is 4. The molecule has 4 heteroatoms. The molecule has 3 rings (SSSR count). The highest BCUT2D eigenvalue weighted by Gasteiger charge is 2.16. The topological polar surface area (TPSA) is 24.3 Å². The molecule has 0 bridgehead atoms. The fourth-order valence-electron chi connectivity index (χ4n) is 3.94. The Balaban J connectivity index is 2.02. The Labute approximate surface area is 163 Å². The number of para-hydroxylation sites is 1. The number of aromatic nitrogens is 2. The number of fused-ring (bicyclic) bond motifs is 3.